The lowest BCUT2D eigenvalue weighted by Gasteiger charge is -2.36. The van der Waals surface area contributed by atoms with Gasteiger partial charge in [0.15, 0.2) is 6.29 Å². The molecule has 0 radical (unpaired) electrons. The molecule has 0 aliphatic carbocycles. The van der Waals surface area contributed by atoms with Crippen LogP contribution in [0.5, 0.6) is 0 Å². The molecule has 1 aliphatic heterocycles. The topological polar surface area (TPSA) is 96.9 Å². The maximum Gasteiger partial charge on any atom is 0.251 e. The maximum atomic E-state index is 12.5. The largest absolute Gasteiger partial charge is 0.392 e. The van der Waals surface area contributed by atoms with E-state index in [1.807, 2.05) is 91.0 Å². The number of aliphatic hydroxyl groups is 1. The van der Waals surface area contributed by atoms with Gasteiger partial charge in [-0.3, -0.25) is 9.59 Å². The predicted molar refractivity (Wildman–Crippen MR) is 189 cm³/mol. The standard InChI is InChI=1S/C40H38N2O5S/c1-27(44)42-35-18-20-37(21-19-35)48-26-36-23-38(31-12-10-28(25-43)11-13-31)47-40(46-36)33-16-14-30(15-17-33)34-9-5-6-29(22-34)24-41-39(45)32-7-3-2-4-8-32/h2-22,36,38,40,43H,23-26H2,1H3,(H,41,45)(H,42,44)/t36-,38+,40+/m0/s1. The molecule has 0 unspecified atom stereocenters. The van der Waals surface area contributed by atoms with E-state index in [9.17, 15) is 14.7 Å². The molecule has 8 heteroatoms. The van der Waals surface area contributed by atoms with Gasteiger partial charge in [-0.05, 0) is 70.3 Å². The van der Waals surface area contributed by atoms with Gasteiger partial charge in [-0.1, -0.05) is 84.9 Å². The Bertz CT molecular complexity index is 1810. The second-order valence-corrected chi connectivity index (χ2v) is 12.8. The van der Waals surface area contributed by atoms with Crippen LogP contribution in [0.4, 0.5) is 5.69 Å². The molecule has 48 heavy (non-hydrogen) atoms. The number of anilines is 1. The van der Waals surface area contributed by atoms with Gasteiger partial charge in [0.2, 0.25) is 5.91 Å². The van der Waals surface area contributed by atoms with Gasteiger partial charge in [-0.25, -0.2) is 0 Å². The Morgan fingerprint density at radius 2 is 1.50 bits per heavy atom. The highest BCUT2D eigenvalue weighted by Gasteiger charge is 2.32. The lowest BCUT2D eigenvalue weighted by atomic mass is 9.99. The lowest BCUT2D eigenvalue weighted by Crippen LogP contribution is -2.31. The second kappa shape index (κ2) is 15.9. The Balaban J connectivity index is 1.14. The molecule has 6 rings (SSSR count). The molecule has 0 saturated carbocycles. The van der Waals surface area contributed by atoms with Crippen molar-refractivity contribution in [1.29, 1.82) is 0 Å². The zero-order valence-electron chi connectivity index (χ0n) is 26.7. The first kappa shape index (κ1) is 33.2. The van der Waals surface area contributed by atoms with Crippen LogP contribution in [0.1, 0.15) is 58.4 Å². The summed E-state index contributed by atoms with van der Waals surface area (Å²) in [5.74, 6) is 0.536. The number of nitrogens with one attached hydrogen (secondary N) is 2. The fraction of sp³-hybridized carbons (Fsp3) is 0.200. The third kappa shape index (κ3) is 8.79. The van der Waals surface area contributed by atoms with Gasteiger partial charge in [0.1, 0.15) is 0 Å². The molecule has 1 aliphatic rings. The van der Waals surface area contributed by atoms with Crippen LogP contribution in [0.25, 0.3) is 11.1 Å². The normalized spacial score (nSPS) is 17.4. The summed E-state index contributed by atoms with van der Waals surface area (Å²) in [6, 6.07) is 41.3. The number of thioether (sulfide) groups is 1. The molecule has 5 aromatic rings. The van der Waals surface area contributed by atoms with E-state index in [0.717, 1.165) is 49.7 Å². The van der Waals surface area contributed by atoms with E-state index in [-0.39, 0.29) is 30.6 Å². The van der Waals surface area contributed by atoms with Crippen LogP contribution in [0.3, 0.4) is 0 Å². The monoisotopic (exact) mass is 658 g/mol. The Labute approximate surface area is 285 Å². The summed E-state index contributed by atoms with van der Waals surface area (Å²) >= 11 is 1.71. The number of carbonyl (C=O) groups is 2. The lowest BCUT2D eigenvalue weighted by molar-refractivity contribution is -0.245. The Morgan fingerprint density at radius 3 is 2.21 bits per heavy atom. The van der Waals surface area contributed by atoms with Gasteiger partial charge < -0.3 is 25.2 Å². The minimum Gasteiger partial charge on any atom is -0.392 e. The van der Waals surface area contributed by atoms with Gasteiger partial charge >= 0.3 is 0 Å². The van der Waals surface area contributed by atoms with E-state index in [4.69, 9.17) is 9.47 Å². The molecular formula is C40H38N2O5S. The highest BCUT2D eigenvalue weighted by Crippen LogP contribution is 2.40. The average Bonchev–Trinajstić information content (AvgIpc) is 3.14. The Hall–Kier alpha value is -4.73. The van der Waals surface area contributed by atoms with Crippen LogP contribution >= 0.6 is 11.8 Å². The van der Waals surface area contributed by atoms with Crippen LogP contribution < -0.4 is 10.6 Å². The van der Waals surface area contributed by atoms with Crippen LogP contribution in [-0.4, -0.2) is 28.8 Å². The second-order valence-electron chi connectivity index (χ2n) is 11.7. The maximum absolute atomic E-state index is 12.5. The van der Waals surface area contributed by atoms with E-state index in [2.05, 4.69) is 34.9 Å². The third-order valence-electron chi connectivity index (χ3n) is 8.16. The summed E-state index contributed by atoms with van der Waals surface area (Å²) in [6.45, 7) is 1.93. The van der Waals surface area contributed by atoms with Crippen molar-refractivity contribution in [2.45, 2.75) is 49.9 Å². The first-order chi connectivity index (χ1) is 23.4. The molecule has 7 nitrogen and oxygen atoms in total. The van der Waals surface area contributed by atoms with E-state index < -0.39 is 6.29 Å². The summed E-state index contributed by atoms with van der Waals surface area (Å²) in [5, 5.41) is 15.3. The van der Waals surface area contributed by atoms with E-state index >= 15 is 0 Å². The SMILES string of the molecule is CC(=O)Nc1ccc(SC[C@@H]2C[C@H](c3ccc(CO)cc3)O[C@H](c3ccc(-c4cccc(CNC(=O)c5ccccc5)c4)cc3)O2)cc1. The minimum atomic E-state index is -0.553. The predicted octanol–water partition coefficient (Wildman–Crippen LogP) is 8.07. The smallest absolute Gasteiger partial charge is 0.251 e. The number of rotatable bonds is 11. The molecule has 0 aromatic heterocycles. The highest BCUT2D eigenvalue weighted by atomic mass is 32.2. The van der Waals surface area contributed by atoms with E-state index in [0.29, 0.717) is 18.5 Å². The molecule has 1 fully saturated rings. The molecule has 0 spiro atoms. The van der Waals surface area contributed by atoms with Crippen molar-refractivity contribution in [2.75, 3.05) is 11.1 Å². The van der Waals surface area contributed by atoms with Crippen molar-refractivity contribution >= 4 is 29.3 Å². The zero-order chi connectivity index (χ0) is 33.3. The summed E-state index contributed by atoms with van der Waals surface area (Å²) in [7, 11) is 0. The van der Waals surface area contributed by atoms with Crippen molar-refractivity contribution in [3.05, 3.63) is 155 Å². The van der Waals surface area contributed by atoms with Crippen LogP contribution in [0.2, 0.25) is 0 Å². The molecule has 3 atom stereocenters. The zero-order valence-corrected chi connectivity index (χ0v) is 27.5. The molecule has 0 bridgehead atoms. The molecule has 1 saturated heterocycles. The molecule has 2 amide bonds. The molecule has 1 heterocycles. The summed E-state index contributed by atoms with van der Waals surface area (Å²) in [5.41, 5.74) is 7.36. The molecule has 244 valence electrons. The first-order valence-electron chi connectivity index (χ1n) is 16.0. The number of amides is 2. The Kier molecular flexibility index (Phi) is 11.0. The van der Waals surface area contributed by atoms with Gasteiger partial charge in [0.25, 0.3) is 5.91 Å². The fourth-order valence-corrected chi connectivity index (χ4v) is 6.54. The van der Waals surface area contributed by atoms with Crippen molar-refractivity contribution < 1.29 is 24.2 Å². The van der Waals surface area contributed by atoms with E-state index in [1.165, 1.54) is 6.92 Å². The van der Waals surface area contributed by atoms with Crippen molar-refractivity contribution in [2.24, 2.45) is 0 Å². The molecular weight excluding hydrogens is 621 g/mol. The van der Waals surface area contributed by atoms with Crippen molar-refractivity contribution in [3.8, 4) is 11.1 Å². The third-order valence-corrected chi connectivity index (χ3v) is 9.30. The van der Waals surface area contributed by atoms with E-state index in [1.54, 1.807) is 23.9 Å². The number of hydrogen-bond acceptors (Lipinski definition) is 6. The van der Waals surface area contributed by atoms with Crippen LogP contribution in [-0.2, 0) is 27.4 Å². The van der Waals surface area contributed by atoms with Gasteiger partial charge in [-0.2, -0.15) is 0 Å². The number of aliphatic hydroxyl groups excluding tert-OH is 1. The number of ether oxygens (including phenoxy) is 2. The van der Waals surface area contributed by atoms with Gasteiger partial charge in [-0.15, -0.1) is 11.8 Å². The molecule has 5 aromatic carbocycles. The van der Waals surface area contributed by atoms with Crippen LogP contribution in [0, 0.1) is 0 Å². The van der Waals surface area contributed by atoms with Crippen LogP contribution in [0.15, 0.2) is 132 Å². The Morgan fingerprint density at radius 1 is 0.771 bits per heavy atom. The summed E-state index contributed by atoms with van der Waals surface area (Å²) < 4.78 is 13.1. The number of hydrogen-bond donors (Lipinski definition) is 3. The summed E-state index contributed by atoms with van der Waals surface area (Å²) in [6.07, 6.45) is -0.111. The number of benzene rings is 5. The van der Waals surface area contributed by atoms with Crippen molar-refractivity contribution in [1.82, 2.24) is 5.32 Å². The summed E-state index contributed by atoms with van der Waals surface area (Å²) in [4.78, 5) is 25.0. The molecule has 3 N–H and O–H groups in total. The quantitative estimate of drug-likeness (QED) is 0.124. The van der Waals surface area contributed by atoms with Gasteiger partial charge in [0, 0.05) is 47.4 Å². The number of carbonyl (C=O) groups excluding carboxylic acids is 2. The first-order valence-corrected chi connectivity index (χ1v) is 17.0. The van der Waals surface area contributed by atoms with Gasteiger partial charge in [0.05, 0.1) is 18.8 Å². The average molecular weight is 659 g/mol. The highest BCUT2D eigenvalue weighted by molar-refractivity contribution is 7.99. The van der Waals surface area contributed by atoms with Crippen molar-refractivity contribution in [3.63, 3.8) is 0 Å². The minimum absolute atomic E-state index is 0.00485. The fourth-order valence-electron chi connectivity index (χ4n) is 5.62.